The second kappa shape index (κ2) is 10.4. The molecular weight excluding hydrogens is 571 g/mol. The fraction of sp³-hybridized carbons (Fsp3) is 0.0750. The molecule has 0 spiro atoms. The van der Waals surface area contributed by atoms with Crippen molar-refractivity contribution in [2.45, 2.75) is 18.8 Å². The number of para-hydroxylation sites is 1. The summed E-state index contributed by atoms with van der Waals surface area (Å²) in [5.41, 5.74) is 7.29. The molecule has 0 bridgehead atoms. The van der Waals surface area contributed by atoms with Gasteiger partial charge in [0.05, 0.1) is 0 Å². The van der Waals surface area contributed by atoms with E-state index in [0.29, 0.717) is 11.6 Å². The van der Waals surface area contributed by atoms with Crippen LogP contribution < -0.4 is 0 Å². The molecule has 4 nitrogen and oxygen atoms in total. The quantitative estimate of drug-likeness (QED) is 0.202. The minimum Gasteiger partial charge on any atom is -0.456 e. The van der Waals surface area contributed by atoms with Crippen molar-refractivity contribution in [2.24, 2.45) is 0 Å². The summed E-state index contributed by atoms with van der Waals surface area (Å²) in [6.45, 7) is 2.30. The molecule has 0 amide bonds. The van der Waals surface area contributed by atoms with Crippen molar-refractivity contribution < 1.29 is 4.42 Å². The van der Waals surface area contributed by atoms with Gasteiger partial charge in [0.25, 0.3) is 0 Å². The molecule has 2 atom stereocenters. The largest absolute Gasteiger partial charge is 0.456 e. The van der Waals surface area contributed by atoms with E-state index in [2.05, 4.69) is 104 Å². The minimum absolute atomic E-state index is 0.0222. The van der Waals surface area contributed by atoms with Gasteiger partial charge < -0.3 is 4.42 Å². The number of thiophene rings is 1. The van der Waals surface area contributed by atoms with Crippen LogP contribution in [0.25, 0.3) is 72.0 Å². The molecular formula is C40H27N3OS. The zero-order chi connectivity index (χ0) is 29.9. The van der Waals surface area contributed by atoms with Crippen LogP contribution in [0, 0.1) is 0 Å². The Hall–Kier alpha value is -5.39. The van der Waals surface area contributed by atoms with Gasteiger partial charge in [-0.05, 0) is 58.3 Å². The monoisotopic (exact) mass is 597 g/mol. The fourth-order valence-electron chi connectivity index (χ4n) is 6.75. The van der Waals surface area contributed by atoms with Gasteiger partial charge in [0.15, 0.2) is 11.6 Å². The average Bonchev–Trinajstić information content (AvgIpc) is 3.68. The van der Waals surface area contributed by atoms with Gasteiger partial charge in [-0.2, -0.15) is 0 Å². The molecule has 0 N–H and O–H groups in total. The van der Waals surface area contributed by atoms with E-state index in [1.807, 2.05) is 47.7 Å². The van der Waals surface area contributed by atoms with Gasteiger partial charge in [0, 0.05) is 37.4 Å². The molecule has 0 saturated heterocycles. The van der Waals surface area contributed by atoms with Gasteiger partial charge in [0.1, 0.15) is 17.0 Å². The number of hydrogen-bond donors (Lipinski definition) is 0. The van der Waals surface area contributed by atoms with E-state index in [1.165, 1.54) is 20.5 Å². The van der Waals surface area contributed by atoms with Crippen LogP contribution in [0.1, 0.15) is 35.0 Å². The van der Waals surface area contributed by atoms with Crippen LogP contribution in [-0.4, -0.2) is 15.0 Å². The van der Waals surface area contributed by atoms with E-state index in [4.69, 9.17) is 19.4 Å². The van der Waals surface area contributed by atoms with Gasteiger partial charge in [-0.15, -0.1) is 11.3 Å². The second-order valence-corrected chi connectivity index (χ2v) is 12.7. The number of aromatic nitrogens is 3. The first-order valence-corrected chi connectivity index (χ1v) is 16.0. The molecule has 0 saturated carbocycles. The van der Waals surface area contributed by atoms with Crippen LogP contribution in [0.4, 0.5) is 0 Å². The molecule has 9 rings (SSSR count). The lowest BCUT2D eigenvalue weighted by atomic mass is 9.81. The summed E-state index contributed by atoms with van der Waals surface area (Å²) >= 11 is 1.86. The van der Waals surface area contributed by atoms with Crippen LogP contribution in [0.2, 0.25) is 0 Å². The molecule has 5 aromatic carbocycles. The molecule has 214 valence electrons. The number of furan rings is 1. The Morgan fingerprint density at radius 1 is 0.622 bits per heavy atom. The molecule has 0 aliphatic heterocycles. The zero-order valence-corrected chi connectivity index (χ0v) is 25.3. The lowest BCUT2D eigenvalue weighted by Crippen LogP contribution is -2.15. The highest BCUT2D eigenvalue weighted by Crippen LogP contribution is 2.46. The Labute approximate surface area is 264 Å². The highest BCUT2D eigenvalue weighted by Gasteiger charge is 2.30. The molecule has 0 fully saturated rings. The van der Waals surface area contributed by atoms with Gasteiger partial charge in [-0.1, -0.05) is 110 Å². The normalized spacial score (nSPS) is 16.0. The average molecular weight is 598 g/mol. The minimum atomic E-state index is 0.0222. The SMILES string of the molecule is CC1c2c(sc3ccccc23)C=CC1c1nc(-c2ccccc2)nc(-c2cccc(-c3cccc4oc5ccccc5c34)c2)n1. The number of fused-ring (bicyclic) bond motifs is 6. The van der Waals surface area contributed by atoms with E-state index in [1.54, 1.807) is 0 Å². The fourth-order valence-corrected chi connectivity index (χ4v) is 7.98. The van der Waals surface area contributed by atoms with Crippen molar-refractivity contribution >= 4 is 49.4 Å². The lowest BCUT2D eigenvalue weighted by molar-refractivity contribution is 0.637. The molecule has 0 radical (unpaired) electrons. The Bertz CT molecular complexity index is 2420. The van der Waals surface area contributed by atoms with Crippen LogP contribution >= 0.6 is 11.3 Å². The van der Waals surface area contributed by atoms with E-state index >= 15 is 0 Å². The maximum atomic E-state index is 6.19. The van der Waals surface area contributed by atoms with E-state index in [0.717, 1.165) is 50.0 Å². The predicted molar refractivity (Wildman–Crippen MR) is 185 cm³/mol. The molecule has 8 aromatic rings. The van der Waals surface area contributed by atoms with E-state index < -0.39 is 0 Å². The Balaban J connectivity index is 1.20. The molecule has 1 aliphatic rings. The predicted octanol–water partition coefficient (Wildman–Crippen LogP) is 10.9. The van der Waals surface area contributed by atoms with Crippen molar-refractivity contribution in [1.29, 1.82) is 0 Å². The topological polar surface area (TPSA) is 51.8 Å². The maximum Gasteiger partial charge on any atom is 0.163 e. The number of benzene rings is 5. The first-order chi connectivity index (χ1) is 22.2. The van der Waals surface area contributed by atoms with Gasteiger partial charge in [-0.25, -0.2) is 15.0 Å². The summed E-state index contributed by atoms with van der Waals surface area (Å²) in [6.07, 6.45) is 4.53. The molecule has 2 unspecified atom stereocenters. The number of nitrogens with zero attached hydrogens (tertiary/aromatic N) is 3. The van der Waals surface area contributed by atoms with Crippen molar-refractivity contribution in [1.82, 2.24) is 15.0 Å². The summed E-state index contributed by atoms with van der Waals surface area (Å²) < 4.78 is 7.51. The van der Waals surface area contributed by atoms with Crippen molar-refractivity contribution in [3.05, 3.63) is 144 Å². The third-order valence-corrected chi connectivity index (χ3v) is 10.1. The molecule has 5 heteroatoms. The van der Waals surface area contributed by atoms with Crippen LogP contribution in [0.5, 0.6) is 0 Å². The van der Waals surface area contributed by atoms with Crippen molar-refractivity contribution in [3.8, 4) is 33.9 Å². The first kappa shape index (κ1) is 26.1. The standard InChI is InChI=1S/C40H27N3OS/c1-24-28(21-22-35-36(24)31-16-6-8-20-34(31)45-35)40-42-38(25-11-3-2-4-12-25)41-39(43-40)27-14-9-13-26(23-27)29-17-10-19-33-37(29)30-15-5-7-18-32(30)44-33/h2-24,28H,1H3. The summed E-state index contributed by atoms with van der Waals surface area (Å²) in [4.78, 5) is 16.7. The van der Waals surface area contributed by atoms with Crippen molar-refractivity contribution in [2.75, 3.05) is 0 Å². The van der Waals surface area contributed by atoms with Crippen molar-refractivity contribution in [3.63, 3.8) is 0 Å². The lowest BCUT2D eigenvalue weighted by Gasteiger charge is -2.25. The summed E-state index contributed by atoms with van der Waals surface area (Å²) in [6, 6.07) is 41.9. The smallest absolute Gasteiger partial charge is 0.163 e. The third kappa shape index (κ3) is 4.31. The van der Waals surface area contributed by atoms with Crippen LogP contribution in [0.15, 0.2) is 132 Å². The zero-order valence-electron chi connectivity index (χ0n) is 24.5. The van der Waals surface area contributed by atoms with Gasteiger partial charge in [-0.3, -0.25) is 0 Å². The summed E-state index contributed by atoms with van der Waals surface area (Å²) in [5, 5.41) is 3.55. The molecule has 3 aromatic heterocycles. The second-order valence-electron chi connectivity index (χ2n) is 11.6. The molecule has 45 heavy (non-hydrogen) atoms. The highest BCUT2D eigenvalue weighted by molar-refractivity contribution is 7.20. The summed E-state index contributed by atoms with van der Waals surface area (Å²) in [7, 11) is 0. The Morgan fingerprint density at radius 2 is 1.31 bits per heavy atom. The highest BCUT2D eigenvalue weighted by atomic mass is 32.1. The number of allylic oxidation sites excluding steroid dienone is 1. The maximum absolute atomic E-state index is 6.19. The number of hydrogen-bond acceptors (Lipinski definition) is 5. The summed E-state index contributed by atoms with van der Waals surface area (Å²) in [5.74, 6) is 2.39. The third-order valence-electron chi connectivity index (χ3n) is 8.93. The molecule has 1 aliphatic carbocycles. The van der Waals surface area contributed by atoms with E-state index in [9.17, 15) is 0 Å². The first-order valence-electron chi connectivity index (χ1n) is 15.2. The van der Waals surface area contributed by atoms with Gasteiger partial charge >= 0.3 is 0 Å². The Kier molecular flexibility index (Phi) is 6.00. The van der Waals surface area contributed by atoms with Crippen LogP contribution in [0.3, 0.4) is 0 Å². The molecule has 3 heterocycles. The van der Waals surface area contributed by atoms with E-state index in [-0.39, 0.29) is 11.8 Å². The van der Waals surface area contributed by atoms with Gasteiger partial charge in [0.2, 0.25) is 0 Å². The Morgan fingerprint density at radius 3 is 2.20 bits per heavy atom. The van der Waals surface area contributed by atoms with Crippen LogP contribution in [-0.2, 0) is 0 Å². The number of rotatable bonds is 4.